The van der Waals surface area contributed by atoms with Crippen LogP contribution in [0.1, 0.15) is 0 Å². The van der Waals surface area contributed by atoms with Crippen LogP contribution >= 0.6 is 34.0 Å². The van der Waals surface area contributed by atoms with Gasteiger partial charge in [0, 0.05) is 93.7 Å². The molecule has 0 aliphatic heterocycles. The van der Waals surface area contributed by atoms with Gasteiger partial charge in [-0.1, -0.05) is 115 Å². The van der Waals surface area contributed by atoms with Gasteiger partial charge in [0.1, 0.15) is 0 Å². The second-order valence-corrected chi connectivity index (χ2v) is 17.9. The Bertz CT molecular complexity index is 3810. The average Bonchev–Trinajstić information content (AvgIpc) is 4.05. The summed E-state index contributed by atoms with van der Waals surface area (Å²) in [5, 5.41) is 10.1. The number of hydrogen-bond acceptors (Lipinski definition) is 6. The van der Waals surface area contributed by atoms with Crippen LogP contribution in [0.3, 0.4) is 0 Å². The third-order valence-corrected chi connectivity index (χ3v) is 15.1. The lowest BCUT2D eigenvalue weighted by atomic mass is 10.1. The summed E-state index contributed by atoms with van der Waals surface area (Å²) in [6.07, 6.45) is 0. The third-order valence-electron chi connectivity index (χ3n) is 11.5. The Morgan fingerprint density at radius 3 is 1.59 bits per heavy atom. The zero-order chi connectivity index (χ0) is 37.9. The van der Waals surface area contributed by atoms with Crippen molar-refractivity contribution in [3.05, 3.63) is 170 Å². The molecule has 7 heteroatoms. The quantitative estimate of drug-likeness (QED) is 0.178. The predicted molar refractivity (Wildman–Crippen MR) is 249 cm³/mol. The molecule has 13 rings (SSSR count). The van der Waals surface area contributed by atoms with E-state index in [1.165, 1.54) is 82.3 Å². The highest BCUT2D eigenvalue weighted by Gasteiger charge is 2.21. The van der Waals surface area contributed by atoms with Gasteiger partial charge in [-0.15, -0.1) is 34.0 Å². The predicted octanol–water partition coefficient (Wildman–Crippen LogP) is 15.1. The van der Waals surface area contributed by atoms with Gasteiger partial charge in [0.15, 0.2) is 17.5 Å². The molecule has 0 aliphatic carbocycles. The van der Waals surface area contributed by atoms with Crippen LogP contribution in [0.25, 0.3) is 122 Å². The molecular formula is C51H28N4S3. The number of aromatic nitrogens is 4. The number of rotatable bonds is 4. The smallest absolute Gasteiger partial charge is 0.165 e. The molecule has 0 unspecified atom stereocenters. The van der Waals surface area contributed by atoms with Crippen LogP contribution < -0.4 is 0 Å². The van der Waals surface area contributed by atoms with Crippen LogP contribution in [-0.4, -0.2) is 19.5 Å². The Labute approximate surface area is 343 Å². The molecule has 0 saturated carbocycles. The van der Waals surface area contributed by atoms with Crippen LogP contribution in [0.5, 0.6) is 0 Å². The van der Waals surface area contributed by atoms with E-state index in [9.17, 15) is 0 Å². The number of thiophene rings is 3. The molecule has 5 aromatic heterocycles. The maximum Gasteiger partial charge on any atom is 0.165 e. The number of nitrogens with zero attached hydrogens (tertiary/aromatic N) is 4. The molecule has 8 aromatic carbocycles. The van der Waals surface area contributed by atoms with Gasteiger partial charge in [0.25, 0.3) is 0 Å². The highest BCUT2D eigenvalue weighted by atomic mass is 32.1. The highest BCUT2D eigenvalue weighted by molar-refractivity contribution is 7.27. The molecule has 270 valence electrons. The van der Waals surface area contributed by atoms with E-state index >= 15 is 0 Å². The van der Waals surface area contributed by atoms with E-state index < -0.39 is 0 Å². The topological polar surface area (TPSA) is 43.6 Å². The van der Waals surface area contributed by atoms with E-state index in [4.69, 9.17) is 15.0 Å². The highest BCUT2D eigenvalue weighted by Crippen LogP contribution is 2.46. The van der Waals surface area contributed by atoms with E-state index in [1.807, 2.05) is 29.5 Å². The third kappa shape index (κ3) is 4.69. The van der Waals surface area contributed by atoms with E-state index in [-0.39, 0.29) is 0 Å². The van der Waals surface area contributed by atoms with Crippen molar-refractivity contribution < 1.29 is 0 Å². The van der Waals surface area contributed by atoms with Crippen molar-refractivity contribution >= 4 is 116 Å². The molecule has 0 aliphatic rings. The van der Waals surface area contributed by atoms with Crippen LogP contribution in [0, 0.1) is 0 Å². The standard InChI is InChI=1S/C51H28N4S3/c1-2-12-29(13-3-1)49-52-50(37-19-10-17-33-31-14-5-8-22-42(31)56-46(33)37)54-51(53-49)38-20-11-18-34-39-28-30(24-27-44(39)57-47(34)38)55-40-21-7-4-16-36(40)45-41(55)26-25-35-32-15-6-9-23-43(32)58-48(35)45/h1-28H. The number of para-hydroxylation sites is 1. The van der Waals surface area contributed by atoms with Crippen molar-refractivity contribution in [1.29, 1.82) is 0 Å². The van der Waals surface area contributed by atoms with Gasteiger partial charge in [-0.3, -0.25) is 0 Å². The Kier molecular flexibility index (Phi) is 6.89. The Morgan fingerprint density at radius 2 is 0.879 bits per heavy atom. The molecule has 0 N–H and O–H groups in total. The fraction of sp³-hybridized carbons (Fsp3) is 0. The molecule has 0 saturated heterocycles. The van der Waals surface area contributed by atoms with Gasteiger partial charge in [-0.2, -0.15) is 0 Å². The first-order valence-corrected chi connectivity index (χ1v) is 21.7. The fourth-order valence-corrected chi connectivity index (χ4v) is 12.5. The van der Waals surface area contributed by atoms with Crippen molar-refractivity contribution in [2.24, 2.45) is 0 Å². The monoisotopic (exact) mass is 792 g/mol. The van der Waals surface area contributed by atoms with Crippen molar-refractivity contribution in [3.63, 3.8) is 0 Å². The molecule has 0 amide bonds. The van der Waals surface area contributed by atoms with Gasteiger partial charge < -0.3 is 4.57 Å². The normalized spacial score (nSPS) is 12.1. The SMILES string of the molecule is c1ccc(-c2nc(-c3cccc4c3sc3ccccc34)nc(-c3cccc4c3sc3ccc(-n5c6ccccc6c6c7sc8ccccc8c7ccc65)cc34)n2)cc1. The molecule has 0 fully saturated rings. The maximum atomic E-state index is 5.30. The minimum absolute atomic E-state index is 0.665. The number of fused-ring (bicyclic) bond motifs is 13. The van der Waals surface area contributed by atoms with E-state index in [2.05, 4.69) is 156 Å². The lowest BCUT2D eigenvalue weighted by Crippen LogP contribution is -2.00. The van der Waals surface area contributed by atoms with Gasteiger partial charge in [-0.05, 0) is 54.6 Å². The van der Waals surface area contributed by atoms with Gasteiger partial charge in [0.05, 0.1) is 11.0 Å². The summed E-state index contributed by atoms with van der Waals surface area (Å²) in [5.41, 5.74) is 6.57. The minimum Gasteiger partial charge on any atom is -0.309 e. The summed E-state index contributed by atoms with van der Waals surface area (Å²) < 4.78 is 9.95. The summed E-state index contributed by atoms with van der Waals surface area (Å²) in [7, 11) is 0. The Hall–Kier alpha value is -6.77. The second-order valence-electron chi connectivity index (χ2n) is 14.7. The lowest BCUT2D eigenvalue weighted by molar-refractivity contribution is 1.08. The van der Waals surface area contributed by atoms with E-state index in [1.54, 1.807) is 22.7 Å². The maximum absolute atomic E-state index is 5.30. The van der Waals surface area contributed by atoms with E-state index in [0.29, 0.717) is 17.5 Å². The average molecular weight is 793 g/mol. The van der Waals surface area contributed by atoms with E-state index in [0.717, 1.165) is 22.4 Å². The molecule has 0 bridgehead atoms. The summed E-state index contributed by atoms with van der Waals surface area (Å²) >= 11 is 5.49. The van der Waals surface area contributed by atoms with Crippen LogP contribution in [0.15, 0.2) is 170 Å². The van der Waals surface area contributed by atoms with Gasteiger partial charge in [-0.25, -0.2) is 15.0 Å². The fourth-order valence-electron chi connectivity index (χ4n) is 8.87. The molecule has 0 radical (unpaired) electrons. The van der Waals surface area contributed by atoms with Gasteiger partial charge >= 0.3 is 0 Å². The molecule has 5 heterocycles. The van der Waals surface area contributed by atoms with Crippen molar-refractivity contribution in [1.82, 2.24) is 19.5 Å². The van der Waals surface area contributed by atoms with Crippen LogP contribution in [-0.2, 0) is 0 Å². The summed E-state index contributed by atoms with van der Waals surface area (Å²) in [5.74, 6) is 2.02. The van der Waals surface area contributed by atoms with Crippen LogP contribution in [0.4, 0.5) is 0 Å². The van der Waals surface area contributed by atoms with Crippen molar-refractivity contribution in [2.45, 2.75) is 0 Å². The minimum atomic E-state index is 0.665. The second kappa shape index (κ2) is 12.4. The summed E-state index contributed by atoms with van der Waals surface area (Å²) in [4.78, 5) is 15.6. The van der Waals surface area contributed by atoms with Crippen molar-refractivity contribution in [3.8, 4) is 39.9 Å². The Morgan fingerprint density at radius 1 is 0.345 bits per heavy atom. The molecular weight excluding hydrogens is 765 g/mol. The van der Waals surface area contributed by atoms with Crippen molar-refractivity contribution in [2.75, 3.05) is 0 Å². The first kappa shape index (κ1) is 32.3. The number of benzene rings is 8. The summed E-state index contributed by atoms with van der Waals surface area (Å²) in [6, 6.07) is 61.0. The first-order valence-electron chi connectivity index (χ1n) is 19.3. The van der Waals surface area contributed by atoms with Gasteiger partial charge in [0.2, 0.25) is 0 Å². The molecule has 58 heavy (non-hydrogen) atoms. The zero-order valence-corrected chi connectivity index (χ0v) is 33.1. The molecule has 13 aromatic rings. The first-order chi connectivity index (χ1) is 28.7. The number of hydrogen-bond donors (Lipinski definition) is 0. The lowest BCUT2D eigenvalue weighted by Gasteiger charge is -2.10. The van der Waals surface area contributed by atoms with Crippen LogP contribution in [0.2, 0.25) is 0 Å². The molecule has 0 atom stereocenters. The molecule has 4 nitrogen and oxygen atoms in total. The zero-order valence-electron chi connectivity index (χ0n) is 30.7. The Balaban J connectivity index is 1.02. The summed E-state index contributed by atoms with van der Waals surface area (Å²) in [6.45, 7) is 0. The largest absolute Gasteiger partial charge is 0.309 e. The molecule has 0 spiro atoms.